The maximum absolute atomic E-state index is 12.0. The number of carbonyl (C=O) groups is 1. The molecule has 0 unspecified atom stereocenters. The van der Waals surface area contributed by atoms with E-state index < -0.39 is 0 Å². The minimum absolute atomic E-state index is 0.0680. The van der Waals surface area contributed by atoms with Gasteiger partial charge in [-0.1, -0.05) is 0 Å². The first-order chi connectivity index (χ1) is 14.9. The Bertz CT molecular complexity index is 1080. The van der Waals surface area contributed by atoms with Crippen molar-refractivity contribution in [2.24, 2.45) is 0 Å². The fourth-order valence-electron chi connectivity index (χ4n) is 3.47. The zero-order valence-electron chi connectivity index (χ0n) is 18.8. The van der Waals surface area contributed by atoms with Gasteiger partial charge in [0.25, 0.3) is 0 Å². The number of aryl methyl sites for hydroxylation is 2. The van der Waals surface area contributed by atoms with Crippen LogP contribution in [0.2, 0.25) is 0 Å². The van der Waals surface area contributed by atoms with Crippen LogP contribution in [0.15, 0.2) is 24.3 Å². The second kappa shape index (κ2) is 9.65. The lowest BCUT2D eigenvalue weighted by molar-refractivity contribution is -0.139. The Morgan fingerprint density at radius 1 is 1.10 bits per heavy atom. The summed E-state index contributed by atoms with van der Waals surface area (Å²) in [5, 5.41) is 4.74. The maximum Gasteiger partial charge on any atom is 0.325 e. The Kier molecular flexibility index (Phi) is 6.96. The molecular weight excluding hydrogens is 400 g/mol. The molecule has 0 radical (unpaired) electrons. The van der Waals surface area contributed by atoms with Crippen molar-refractivity contribution in [3.05, 3.63) is 35.7 Å². The summed E-state index contributed by atoms with van der Waals surface area (Å²) in [4.78, 5) is 18.7. The summed E-state index contributed by atoms with van der Waals surface area (Å²) in [6, 6.07) is 7.53. The summed E-state index contributed by atoms with van der Waals surface area (Å²) in [6.07, 6.45) is 0. The van der Waals surface area contributed by atoms with Crippen molar-refractivity contribution in [2.45, 2.75) is 13.8 Å². The van der Waals surface area contributed by atoms with Gasteiger partial charge in [-0.15, -0.1) is 0 Å². The molecule has 0 N–H and O–H groups in total. The molecule has 0 saturated heterocycles. The van der Waals surface area contributed by atoms with Gasteiger partial charge in [0.15, 0.2) is 5.65 Å². The summed E-state index contributed by atoms with van der Waals surface area (Å²) in [7, 11) is 6.22. The number of fused-ring (bicyclic) bond motifs is 1. The minimum Gasteiger partial charge on any atom is -0.497 e. The number of benzene rings is 1. The predicted molar refractivity (Wildman–Crippen MR) is 117 cm³/mol. The van der Waals surface area contributed by atoms with Crippen LogP contribution in [-0.4, -0.2) is 68.7 Å². The number of methoxy groups -OCH3 is 4. The highest BCUT2D eigenvalue weighted by molar-refractivity contribution is 5.85. The van der Waals surface area contributed by atoms with Crippen LogP contribution in [0.5, 0.6) is 11.5 Å². The number of hydrogen-bond donors (Lipinski definition) is 0. The molecule has 31 heavy (non-hydrogen) atoms. The fourth-order valence-corrected chi connectivity index (χ4v) is 3.47. The summed E-state index contributed by atoms with van der Waals surface area (Å²) >= 11 is 0. The molecule has 2 heterocycles. The van der Waals surface area contributed by atoms with Crippen molar-refractivity contribution in [2.75, 3.05) is 53.0 Å². The van der Waals surface area contributed by atoms with E-state index in [-0.39, 0.29) is 12.5 Å². The number of anilines is 1. The summed E-state index contributed by atoms with van der Waals surface area (Å²) in [6.45, 7) is 4.84. The molecule has 0 amide bonds. The van der Waals surface area contributed by atoms with Crippen LogP contribution in [0, 0.1) is 13.8 Å². The Labute approximate surface area is 181 Å². The van der Waals surface area contributed by atoms with Gasteiger partial charge in [0.05, 0.1) is 39.2 Å². The Morgan fingerprint density at radius 2 is 1.87 bits per heavy atom. The standard InChI is InChI=1S/C22H28N4O5/c1-14-11-19(25(9-10-28-3)13-20(27)31-6)26-22(23-14)21(15(2)24-26)17-8-7-16(29-4)12-18(17)30-5/h7-8,11-12H,9-10,13H2,1-6H3. The van der Waals surface area contributed by atoms with Gasteiger partial charge in [-0.05, 0) is 26.0 Å². The lowest BCUT2D eigenvalue weighted by Gasteiger charge is -2.24. The summed E-state index contributed by atoms with van der Waals surface area (Å²) < 4.78 is 22.8. The second-order valence-electron chi connectivity index (χ2n) is 7.01. The van der Waals surface area contributed by atoms with Crippen LogP contribution in [0.25, 0.3) is 16.8 Å². The van der Waals surface area contributed by atoms with Crippen molar-refractivity contribution in [3.63, 3.8) is 0 Å². The van der Waals surface area contributed by atoms with Gasteiger partial charge >= 0.3 is 5.97 Å². The van der Waals surface area contributed by atoms with Gasteiger partial charge in [0.2, 0.25) is 0 Å². The zero-order valence-corrected chi connectivity index (χ0v) is 18.8. The quantitative estimate of drug-likeness (QED) is 0.481. The third-order valence-corrected chi connectivity index (χ3v) is 4.99. The third-order valence-electron chi connectivity index (χ3n) is 4.99. The van der Waals surface area contributed by atoms with E-state index in [2.05, 4.69) is 0 Å². The van der Waals surface area contributed by atoms with E-state index in [9.17, 15) is 4.79 Å². The van der Waals surface area contributed by atoms with Crippen molar-refractivity contribution < 1.29 is 23.7 Å². The van der Waals surface area contributed by atoms with E-state index in [0.717, 1.165) is 28.3 Å². The zero-order chi connectivity index (χ0) is 22.5. The molecule has 0 saturated carbocycles. The van der Waals surface area contributed by atoms with Gasteiger partial charge in [-0.3, -0.25) is 4.79 Å². The highest BCUT2D eigenvalue weighted by Gasteiger charge is 2.22. The molecule has 0 bridgehead atoms. The van der Waals surface area contributed by atoms with Crippen LogP contribution in [0.3, 0.4) is 0 Å². The Balaban J connectivity index is 2.21. The first-order valence-electron chi connectivity index (χ1n) is 9.83. The van der Waals surface area contributed by atoms with Crippen molar-refractivity contribution in [1.29, 1.82) is 0 Å². The van der Waals surface area contributed by atoms with E-state index in [1.165, 1.54) is 7.11 Å². The van der Waals surface area contributed by atoms with Gasteiger partial charge < -0.3 is 23.8 Å². The maximum atomic E-state index is 12.0. The van der Waals surface area contributed by atoms with Crippen LogP contribution in [-0.2, 0) is 14.3 Å². The van der Waals surface area contributed by atoms with Crippen LogP contribution >= 0.6 is 0 Å². The van der Waals surface area contributed by atoms with E-state index in [4.69, 9.17) is 29.0 Å². The lowest BCUT2D eigenvalue weighted by Crippen LogP contribution is -2.35. The SMILES string of the molecule is COCCN(CC(=O)OC)c1cc(C)nc2c(-c3ccc(OC)cc3OC)c(C)nn12. The molecule has 0 fully saturated rings. The Hall–Kier alpha value is -3.33. The monoisotopic (exact) mass is 428 g/mol. The average molecular weight is 428 g/mol. The van der Waals surface area contributed by atoms with Gasteiger partial charge in [0, 0.05) is 37.0 Å². The molecule has 0 aliphatic rings. The molecule has 0 aliphatic heterocycles. The van der Waals surface area contributed by atoms with E-state index >= 15 is 0 Å². The molecule has 0 spiro atoms. The Morgan fingerprint density at radius 3 is 2.52 bits per heavy atom. The van der Waals surface area contributed by atoms with Gasteiger partial charge in [-0.2, -0.15) is 9.61 Å². The number of aromatic nitrogens is 3. The number of carbonyl (C=O) groups excluding carboxylic acids is 1. The van der Waals surface area contributed by atoms with Crippen molar-refractivity contribution >= 4 is 17.4 Å². The van der Waals surface area contributed by atoms with E-state index in [1.807, 2.05) is 43.0 Å². The third kappa shape index (κ3) is 4.56. The largest absolute Gasteiger partial charge is 0.497 e. The number of rotatable bonds is 9. The first-order valence-corrected chi connectivity index (χ1v) is 9.83. The number of ether oxygens (including phenoxy) is 4. The topological polar surface area (TPSA) is 87.4 Å². The lowest BCUT2D eigenvalue weighted by atomic mass is 10.0. The highest BCUT2D eigenvalue weighted by Crippen LogP contribution is 2.38. The van der Waals surface area contributed by atoms with Crippen molar-refractivity contribution in [3.8, 4) is 22.6 Å². The van der Waals surface area contributed by atoms with Crippen LogP contribution in [0.4, 0.5) is 5.82 Å². The van der Waals surface area contributed by atoms with Crippen molar-refractivity contribution in [1.82, 2.24) is 14.6 Å². The number of hydrogen-bond acceptors (Lipinski definition) is 8. The predicted octanol–water partition coefficient (Wildman–Crippen LogP) is 2.66. The minimum atomic E-state index is -0.348. The summed E-state index contributed by atoms with van der Waals surface area (Å²) in [5.74, 6) is 1.74. The molecule has 1 aromatic carbocycles. The highest BCUT2D eigenvalue weighted by atomic mass is 16.5. The molecule has 3 aromatic rings. The van der Waals surface area contributed by atoms with Gasteiger partial charge in [-0.25, -0.2) is 4.98 Å². The fraction of sp³-hybridized carbons (Fsp3) is 0.409. The molecule has 166 valence electrons. The molecule has 2 aromatic heterocycles. The smallest absolute Gasteiger partial charge is 0.325 e. The van der Waals surface area contributed by atoms with Crippen LogP contribution in [0.1, 0.15) is 11.4 Å². The first kappa shape index (κ1) is 22.4. The normalized spacial score (nSPS) is 10.9. The molecular formula is C22H28N4O5. The van der Waals surface area contributed by atoms with Crippen LogP contribution < -0.4 is 14.4 Å². The van der Waals surface area contributed by atoms with E-state index in [0.29, 0.717) is 30.3 Å². The van der Waals surface area contributed by atoms with Gasteiger partial charge in [0.1, 0.15) is 23.9 Å². The number of nitrogens with zero attached hydrogens (tertiary/aromatic N) is 4. The number of esters is 1. The molecule has 0 atom stereocenters. The van der Waals surface area contributed by atoms with E-state index in [1.54, 1.807) is 25.8 Å². The molecule has 0 aliphatic carbocycles. The molecule has 9 nitrogen and oxygen atoms in total. The second-order valence-corrected chi connectivity index (χ2v) is 7.01. The summed E-state index contributed by atoms with van der Waals surface area (Å²) in [5.41, 5.74) is 3.96. The molecule has 3 rings (SSSR count). The molecule has 9 heteroatoms. The average Bonchev–Trinajstić information content (AvgIpc) is 3.10.